The highest BCUT2D eigenvalue weighted by Crippen LogP contribution is 2.19. The molecule has 0 amide bonds. The van der Waals surface area contributed by atoms with E-state index < -0.39 is 0 Å². The normalized spacial score (nSPS) is 10.2. The molecule has 1 aromatic carbocycles. The first-order chi connectivity index (χ1) is 6.65. The van der Waals surface area contributed by atoms with Crippen LogP contribution in [0, 0.1) is 0 Å². The quantitative estimate of drug-likeness (QED) is 0.743. The van der Waals surface area contributed by atoms with E-state index in [-0.39, 0.29) is 5.78 Å². The number of carbonyl (C=O) groups is 1. The maximum Gasteiger partial charge on any atom is 0.160 e. The number of hydrogen-bond acceptors (Lipinski definition) is 1. The highest BCUT2D eigenvalue weighted by atomic mass is 79.9. The van der Waals surface area contributed by atoms with Gasteiger partial charge in [-0.3, -0.25) is 4.79 Å². The van der Waals surface area contributed by atoms with Crippen LogP contribution in [0.4, 0.5) is 0 Å². The highest BCUT2D eigenvalue weighted by Gasteiger charge is 2.06. The lowest BCUT2D eigenvalue weighted by Gasteiger charge is -2.06. The van der Waals surface area contributed by atoms with Gasteiger partial charge in [0.1, 0.15) is 0 Å². The first kappa shape index (κ1) is 11.4. The Bertz CT molecular complexity index is 331. The lowest BCUT2D eigenvalue weighted by molar-refractivity contribution is 0.101. The van der Waals surface area contributed by atoms with E-state index in [4.69, 9.17) is 0 Å². The average molecular weight is 255 g/mol. The summed E-state index contributed by atoms with van der Waals surface area (Å²) in [5, 5.41) is 0. The molecule has 0 aliphatic carbocycles. The number of ketones is 1. The predicted molar refractivity (Wildman–Crippen MR) is 62.8 cm³/mol. The van der Waals surface area contributed by atoms with Crippen LogP contribution < -0.4 is 0 Å². The van der Waals surface area contributed by atoms with Crippen molar-refractivity contribution in [3.63, 3.8) is 0 Å². The molecule has 0 aromatic heterocycles. The molecule has 0 unspecified atom stereocenters. The molecule has 2 heteroatoms. The Hall–Kier alpha value is -0.630. The average Bonchev–Trinajstić information content (AvgIpc) is 2.14. The lowest BCUT2D eigenvalue weighted by Crippen LogP contribution is -1.99. The number of unbranched alkanes of at least 4 members (excludes halogenated alkanes) is 1. The Balaban J connectivity index is 2.97. The van der Waals surface area contributed by atoms with Crippen molar-refractivity contribution in [1.29, 1.82) is 0 Å². The Labute approximate surface area is 93.7 Å². The van der Waals surface area contributed by atoms with Crippen molar-refractivity contribution in [2.45, 2.75) is 33.1 Å². The van der Waals surface area contributed by atoms with Crippen molar-refractivity contribution < 1.29 is 4.79 Å². The van der Waals surface area contributed by atoms with Crippen LogP contribution >= 0.6 is 15.9 Å². The van der Waals surface area contributed by atoms with Crippen LogP contribution in [0.2, 0.25) is 0 Å². The molecule has 0 saturated heterocycles. The van der Waals surface area contributed by atoms with Crippen LogP contribution in [-0.2, 0) is 6.42 Å². The van der Waals surface area contributed by atoms with Crippen LogP contribution in [0.3, 0.4) is 0 Å². The fraction of sp³-hybridized carbons (Fsp3) is 0.417. The van der Waals surface area contributed by atoms with E-state index in [1.807, 2.05) is 18.2 Å². The first-order valence-corrected chi connectivity index (χ1v) is 5.73. The number of Topliss-reactive ketones (excluding diaryl/α,β-unsaturated/α-hetero) is 1. The summed E-state index contributed by atoms with van der Waals surface area (Å²) in [4.78, 5) is 11.3. The van der Waals surface area contributed by atoms with Gasteiger partial charge in [-0.15, -0.1) is 0 Å². The molecule has 0 atom stereocenters. The van der Waals surface area contributed by atoms with Crippen LogP contribution in [-0.4, -0.2) is 5.78 Å². The summed E-state index contributed by atoms with van der Waals surface area (Å²) >= 11 is 3.43. The van der Waals surface area contributed by atoms with Crippen LogP contribution in [0.5, 0.6) is 0 Å². The zero-order valence-electron chi connectivity index (χ0n) is 8.64. The SMILES string of the molecule is CCCCc1cc(Br)ccc1C(C)=O. The third-order valence-corrected chi connectivity index (χ3v) is 2.74. The van der Waals surface area contributed by atoms with Gasteiger partial charge in [0.2, 0.25) is 0 Å². The number of hydrogen-bond donors (Lipinski definition) is 0. The second-order valence-electron chi connectivity index (χ2n) is 3.46. The molecule has 0 bridgehead atoms. The number of halogens is 1. The molecule has 14 heavy (non-hydrogen) atoms. The Morgan fingerprint density at radius 2 is 2.14 bits per heavy atom. The molecule has 0 radical (unpaired) electrons. The summed E-state index contributed by atoms with van der Waals surface area (Å²) in [6.45, 7) is 3.78. The Kier molecular flexibility index (Phi) is 4.33. The maximum absolute atomic E-state index is 11.3. The van der Waals surface area contributed by atoms with Gasteiger partial charge < -0.3 is 0 Å². The zero-order chi connectivity index (χ0) is 10.6. The van der Waals surface area contributed by atoms with E-state index in [1.54, 1.807) is 6.92 Å². The molecule has 0 fully saturated rings. The minimum atomic E-state index is 0.156. The van der Waals surface area contributed by atoms with Gasteiger partial charge in [0.05, 0.1) is 0 Å². The summed E-state index contributed by atoms with van der Waals surface area (Å²) in [5.74, 6) is 0.156. The monoisotopic (exact) mass is 254 g/mol. The van der Waals surface area contributed by atoms with Gasteiger partial charge in [0, 0.05) is 10.0 Å². The lowest BCUT2D eigenvalue weighted by atomic mass is 10.00. The van der Waals surface area contributed by atoms with Gasteiger partial charge >= 0.3 is 0 Å². The molecule has 1 rings (SSSR count). The van der Waals surface area contributed by atoms with Gasteiger partial charge in [-0.05, 0) is 37.5 Å². The molecular formula is C12H15BrO. The number of carbonyl (C=O) groups excluding carboxylic acids is 1. The Morgan fingerprint density at radius 3 is 2.71 bits per heavy atom. The zero-order valence-corrected chi connectivity index (χ0v) is 10.2. The molecule has 0 aliphatic heterocycles. The van der Waals surface area contributed by atoms with Crippen molar-refractivity contribution in [3.05, 3.63) is 33.8 Å². The predicted octanol–water partition coefficient (Wildman–Crippen LogP) is 3.99. The third-order valence-electron chi connectivity index (χ3n) is 2.25. The molecule has 0 aliphatic rings. The van der Waals surface area contributed by atoms with Gasteiger partial charge in [0.25, 0.3) is 0 Å². The van der Waals surface area contributed by atoms with Crippen LogP contribution in [0.25, 0.3) is 0 Å². The topological polar surface area (TPSA) is 17.1 Å². The number of rotatable bonds is 4. The minimum Gasteiger partial charge on any atom is -0.295 e. The van der Waals surface area contributed by atoms with Gasteiger partial charge in [-0.2, -0.15) is 0 Å². The summed E-state index contributed by atoms with van der Waals surface area (Å²) in [6.07, 6.45) is 3.28. The smallest absolute Gasteiger partial charge is 0.160 e. The Morgan fingerprint density at radius 1 is 1.43 bits per heavy atom. The second-order valence-corrected chi connectivity index (χ2v) is 4.38. The minimum absolute atomic E-state index is 0.156. The van der Waals surface area contributed by atoms with Gasteiger partial charge in [0.15, 0.2) is 5.78 Å². The number of benzene rings is 1. The maximum atomic E-state index is 11.3. The van der Waals surface area contributed by atoms with Crippen molar-refractivity contribution in [1.82, 2.24) is 0 Å². The summed E-state index contributed by atoms with van der Waals surface area (Å²) in [6, 6.07) is 5.87. The number of aryl methyl sites for hydroxylation is 1. The van der Waals surface area contributed by atoms with Crippen molar-refractivity contribution >= 4 is 21.7 Å². The van der Waals surface area contributed by atoms with E-state index in [0.29, 0.717) is 0 Å². The summed E-state index contributed by atoms with van der Waals surface area (Å²) < 4.78 is 1.05. The fourth-order valence-corrected chi connectivity index (χ4v) is 1.89. The third kappa shape index (κ3) is 2.95. The fourth-order valence-electron chi connectivity index (χ4n) is 1.48. The van der Waals surface area contributed by atoms with Crippen LogP contribution in [0.1, 0.15) is 42.6 Å². The molecule has 1 nitrogen and oxygen atoms in total. The van der Waals surface area contributed by atoms with E-state index >= 15 is 0 Å². The molecule has 0 heterocycles. The van der Waals surface area contributed by atoms with Crippen molar-refractivity contribution in [3.8, 4) is 0 Å². The summed E-state index contributed by atoms with van der Waals surface area (Å²) in [7, 11) is 0. The van der Waals surface area contributed by atoms with Gasteiger partial charge in [-0.25, -0.2) is 0 Å². The first-order valence-electron chi connectivity index (χ1n) is 4.94. The summed E-state index contributed by atoms with van der Waals surface area (Å²) in [5.41, 5.74) is 2.02. The standard InChI is InChI=1S/C12H15BrO/c1-3-4-5-10-8-11(13)6-7-12(10)9(2)14/h6-8H,3-5H2,1-2H3. The largest absolute Gasteiger partial charge is 0.295 e. The van der Waals surface area contributed by atoms with Crippen molar-refractivity contribution in [2.75, 3.05) is 0 Å². The molecule has 0 N–H and O–H groups in total. The molecular weight excluding hydrogens is 240 g/mol. The van der Waals surface area contributed by atoms with Gasteiger partial charge in [-0.1, -0.05) is 35.3 Å². The second kappa shape index (κ2) is 5.30. The van der Waals surface area contributed by atoms with E-state index in [2.05, 4.69) is 22.9 Å². The molecule has 0 saturated carbocycles. The van der Waals surface area contributed by atoms with E-state index in [9.17, 15) is 4.79 Å². The molecule has 1 aromatic rings. The highest BCUT2D eigenvalue weighted by molar-refractivity contribution is 9.10. The van der Waals surface area contributed by atoms with E-state index in [0.717, 1.165) is 34.9 Å². The molecule has 0 spiro atoms. The van der Waals surface area contributed by atoms with E-state index in [1.165, 1.54) is 0 Å². The molecule has 76 valence electrons. The van der Waals surface area contributed by atoms with Crippen molar-refractivity contribution in [2.24, 2.45) is 0 Å². The van der Waals surface area contributed by atoms with Crippen LogP contribution in [0.15, 0.2) is 22.7 Å².